The number of hydrogen-bond acceptors (Lipinski definition) is 9. The van der Waals surface area contributed by atoms with Crippen molar-refractivity contribution in [3.8, 4) is 23.0 Å². The van der Waals surface area contributed by atoms with Gasteiger partial charge in [0.1, 0.15) is 5.60 Å². The molecular weight excluding hydrogens is 502 g/mol. The highest BCUT2D eigenvalue weighted by Crippen LogP contribution is 2.39. The highest BCUT2D eigenvalue weighted by Gasteiger charge is 2.51. The second-order valence-corrected chi connectivity index (χ2v) is 10.3. The maximum absolute atomic E-state index is 13.7. The van der Waals surface area contributed by atoms with Crippen molar-refractivity contribution in [1.29, 1.82) is 0 Å². The minimum atomic E-state index is -1.67. The average molecular weight is 546 g/mol. The van der Waals surface area contributed by atoms with Crippen molar-refractivity contribution in [3.05, 3.63) is 47.5 Å². The molecule has 0 N–H and O–H groups in total. The molecule has 0 spiro atoms. The lowest BCUT2D eigenvalue weighted by Gasteiger charge is -2.33. The van der Waals surface area contributed by atoms with Gasteiger partial charge in [-0.25, -0.2) is 0 Å². The Kier molecular flexibility index (Phi) is 11.5. The summed E-state index contributed by atoms with van der Waals surface area (Å²) in [4.78, 5) is 29.2. The number of carbonyl (C=O) groups excluding carboxylic acids is 2. The second kappa shape index (κ2) is 14.1. The number of ether oxygens (including phenoxy) is 6. The molecule has 9 heteroatoms. The minimum absolute atomic E-state index is 0.185. The highest BCUT2D eigenvalue weighted by molar-refractivity contribution is 6.06. The Labute approximate surface area is 232 Å². The molecule has 0 amide bonds. The summed E-state index contributed by atoms with van der Waals surface area (Å²) in [5.41, 5.74) is -0.939. The van der Waals surface area contributed by atoms with E-state index in [9.17, 15) is 9.59 Å². The molecule has 0 fully saturated rings. The lowest BCUT2D eigenvalue weighted by Crippen LogP contribution is -2.48. The summed E-state index contributed by atoms with van der Waals surface area (Å²) in [6, 6.07) is 10.9. The molecule has 2 rings (SSSR count). The summed E-state index contributed by atoms with van der Waals surface area (Å²) in [5.74, 6) is 0.913. The number of nitrogens with zero attached hydrogens (tertiary/aromatic N) is 1. The fourth-order valence-corrected chi connectivity index (χ4v) is 4.39. The van der Waals surface area contributed by atoms with Crippen molar-refractivity contribution in [2.75, 3.05) is 55.7 Å². The molecule has 1 atom stereocenters. The van der Waals surface area contributed by atoms with Gasteiger partial charge < -0.3 is 33.3 Å². The molecule has 1 unspecified atom stereocenters. The Balaban J connectivity index is 2.28. The van der Waals surface area contributed by atoms with E-state index in [0.717, 1.165) is 18.5 Å². The fourth-order valence-electron chi connectivity index (χ4n) is 4.39. The molecule has 0 aliphatic heterocycles. The molecule has 2 aromatic carbocycles. The second-order valence-electron chi connectivity index (χ2n) is 10.3. The van der Waals surface area contributed by atoms with Gasteiger partial charge in [0.2, 0.25) is 0 Å². The van der Waals surface area contributed by atoms with Gasteiger partial charge in [-0.05, 0) is 89.0 Å². The topological polar surface area (TPSA) is 92.8 Å². The van der Waals surface area contributed by atoms with Crippen LogP contribution in [0.15, 0.2) is 36.4 Å². The molecule has 216 valence electrons. The quantitative estimate of drug-likeness (QED) is 0.252. The molecule has 0 aliphatic carbocycles. The lowest BCUT2D eigenvalue weighted by atomic mass is 9.76. The van der Waals surface area contributed by atoms with Crippen LogP contribution in [0.4, 0.5) is 0 Å². The molecule has 0 saturated heterocycles. The zero-order valence-electron chi connectivity index (χ0n) is 24.7. The van der Waals surface area contributed by atoms with Crippen molar-refractivity contribution < 1.29 is 38.0 Å². The van der Waals surface area contributed by atoms with Crippen molar-refractivity contribution in [2.24, 2.45) is 0 Å². The summed E-state index contributed by atoms with van der Waals surface area (Å²) in [6.07, 6.45) is 1.51. The number of benzene rings is 2. The smallest absolute Gasteiger partial charge is 0.328 e. The first-order valence-corrected chi connectivity index (χ1v) is 12.9. The number of methoxy groups -OCH3 is 5. The van der Waals surface area contributed by atoms with Gasteiger partial charge in [0.05, 0.1) is 35.5 Å². The van der Waals surface area contributed by atoms with Crippen molar-refractivity contribution in [1.82, 2.24) is 4.90 Å². The van der Waals surface area contributed by atoms with E-state index in [0.29, 0.717) is 41.5 Å². The molecule has 0 bridgehead atoms. The van der Waals surface area contributed by atoms with Crippen LogP contribution in [0.5, 0.6) is 23.0 Å². The van der Waals surface area contributed by atoms with E-state index in [1.165, 1.54) is 21.3 Å². The normalized spacial score (nSPS) is 12.9. The van der Waals surface area contributed by atoms with Crippen LogP contribution in [0.25, 0.3) is 0 Å². The van der Waals surface area contributed by atoms with Crippen molar-refractivity contribution >= 4 is 11.9 Å². The summed E-state index contributed by atoms with van der Waals surface area (Å²) >= 11 is 0. The first kappa shape index (κ1) is 31.8. The molecule has 0 heterocycles. The van der Waals surface area contributed by atoms with Gasteiger partial charge in [-0.15, -0.1) is 0 Å². The van der Waals surface area contributed by atoms with Crippen LogP contribution in [0.2, 0.25) is 0 Å². The Bertz CT molecular complexity index is 1110. The van der Waals surface area contributed by atoms with E-state index in [-0.39, 0.29) is 6.42 Å². The first-order valence-electron chi connectivity index (χ1n) is 12.9. The van der Waals surface area contributed by atoms with Gasteiger partial charge in [0, 0.05) is 6.54 Å². The zero-order valence-corrected chi connectivity index (χ0v) is 24.7. The van der Waals surface area contributed by atoms with E-state index in [1.54, 1.807) is 53.2 Å². The van der Waals surface area contributed by atoms with Crippen LogP contribution in [0.1, 0.15) is 44.7 Å². The third kappa shape index (κ3) is 8.02. The van der Waals surface area contributed by atoms with Crippen LogP contribution in [-0.2, 0) is 30.9 Å². The summed E-state index contributed by atoms with van der Waals surface area (Å²) < 4.78 is 32.5. The summed E-state index contributed by atoms with van der Waals surface area (Å²) in [7, 11) is 9.53. The SMILES string of the molecule is COC(=O)C(CCCN(C)CCc1ccc(OC)c(OC)c1)(C(=O)OC(C)(C)C)c1ccc(OC)c(OC)c1. The van der Waals surface area contributed by atoms with Gasteiger partial charge in [0.25, 0.3) is 0 Å². The predicted octanol–water partition coefficient (Wildman–Crippen LogP) is 4.43. The molecule has 0 saturated carbocycles. The van der Waals surface area contributed by atoms with Gasteiger partial charge in [-0.3, -0.25) is 9.59 Å². The zero-order chi connectivity index (χ0) is 29.2. The fraction of sp³-hybridized carbons (Fsp3) is 0.533. The number of hydrogen-bond donors (Lipinski definition) is 0. The van der Waals surface area contributed by atoms with E-state index >= 15 is 0 Å². The minimum Gasteiger partial charge on any atom is -0.493 e. The van der Waals surface area contributed by atoms with Gasteiger partial charge in [-0.2, -0.15) is 0 Å². The molecular formula is C30H43NO8. The van der Waals surface area contributed by atoms with Crippen LogP contribution < -0.4 is 18.9 Å². The Morgan fingerprint density at radius 2 is 1.31 bits per heavy atom. The van der Waals surface area contributed by atoms with E-state index < -0.39 is 23.0 Å². The summed E-state index contributed by atoms with van der Waals surface area (Å²) in [6.45, 7) is 6.71. The van der Waals surface area contributed by atoms with E-state index in [2.05, 4.69) is 4.90 Å². The van der Waals surface area contributed by atoms with Gasteiger partial charge in [0.15, 0.2) is 28.4 Å². The highest BCUT2D eigenvalue weighted by atomic mass is 16.6. The van der Waals surface area contributed by atoms with Crippen molar-refractivity contribution in [3.63, 3.8) is 0 Å². The summed E-state index contributed by atoms with van der Waals surface area (Å²) in [5, 5.41) is 0. The van der Waals surface area contributed by atoms with E-state index in [4.69, 9.17) is 28.4 Å². The average Bonchev–Trinajstić information content (AvgIpc) is 2.92. The number of esters is 2. The third-order valence-corrected chi connectivity index (χ3v) is 6.48. The largest absolute Gasteiger partial charge is 0.493 e. The molecule has 39 heavy (non-hydrogen) atoms. The molecule has 0 aliphatic rings. The van der Waals surface area contributed by atoms with Gasteiger partial charge >= 0.3 is 11.9 Å². The Morgan fingerprint density at radius 1 is 0.744 bits per heavy atom. The molecule has 2 aromatic rings. The Hall–Kier alpha value is -3.46. The monoisotopic (exact) mass is 545 g/mol. The standard InChI is InChI=1S/C30H43NO8/c1-29(2,3)39-28(33)30(27(32)38-9,22-12-14-24(35-6)26(20-22)37-8)16-10-17-31(4)18-15-21-11-13-23(34-5)25(19-21)36-7/h11-14,19-20H,10,15-18H2,1-9H3. The number of likely N-dealkylation sites (N-methyl/N-ethyl adjacent to an activating group) is 1. The molecule has 0 aromatic heterocycles. The van der Waals surface area contributed by atoms with Crippen LogP contribution in [0, 0.1) is 0 Å². The first-order chi connectivity index (χ1) is 18.4. The van der Waals surface area contributed by atoms with Crippen LogP contribution in [-0.4, -0.2) is 78.1 Å². The Morgan fingerprint density at radius 3 is 1.85 bits per heavy atom. The van der Waals surface area contributed by atoms with E-state index in [1.807, 2.05) is 25.2 Å². The lowest BCUT2D eigenvalue weighted by molar-refractivity contribution is -0.172. The maximum atomic E-state index is 13.7. The van der Waals surface area contributed by atoms with Crippen LogP contribution in [0.3, 0.4) is 0 Å². The van der Waals surface area contributed by atoms with Gasteiger partial charge in [-0.1, -0.05) is 12.1 Å². The number of rotatable bonds is 14. The predicted molar refractivity (Wildman–Crippen MR) is 149 cm³/mol. The number of carbonyl (C=O) groups is 2. The molecule has 9 nitrogen and oxygen atoms in total. The third-order valence-electron chi connectivity index (χ3n) is 6.48. The molecule has 0 radical (unpaired) electrons. The van der Waals surface area contributed by atoms with Crippen LogP contribution >= 0.6 is 0 Å². The van der Waals surface area contributed by atoms with Crippen molar-refractivity contribution in [2.45, 2.75) is 51.0 Å². The maximum Gasteiger partial charge on any atom is 0.328 e.